The van der Waals surface area contributed by atoms with Crippen LogP contribution in [0.15, 0.2) is 36.4 Å². The van der Waals surface area contributed by atoms with Gasteiger partial charge in [0.1, 0.15) is 59.5 Å². The summed E-state index contributed by atoms with van der Waals surface area (Å²) < 4.78 is 33.4. The van der Waals surface area contributed by atoms with Gasteiger partial charge in [0.15, 0.2) is 0 Å². The zero-order valence-electron chi connectivity index (χ0n) is 33.8. The van der Waals surface area contributed by atoms with E-state index in [9.17, 15) is 39.0 Å². The molecule has 2 atom stereocenters. The minimum absolute atomic E-state index is 0.0488. The number of nitrogens with one attached hydrogen (secondary N) is 2. The van der Waals surface area contributed by atoms with Crippen molar-refractivity contribution in [2.45, 2.75) is 103 Å². The number of carboxylic acid groups (broad SMARTS) is 2. The number of carbonyl (C=O) groups excluding carboxylic acids is 4. The molecule has 0 unspecified atom stereocenters. The number of carbonyl (C=O) groups is 6. The predicted molar refractivity (Wildman–Crippen MR) is 206 cm³/mol. The third-order valence-corrected chi connectivity index (χ3v) is 7.52. The molecule has 18 nitrogen and oxygen atoms in total. The maximum Gasteiger partial charge on any atom is 0.329 e. The van der Waals surface area contributed by atoms with E-state index in [2.05, 4.69) is 10.6 Å². The number of rotatable bonds is 25. The average molecular weight is 821 g/mol. The van der Waals surface area contributed by atoms with E-state index < -0.39 is 71.8 Å². The van der Waals surface area contributed by atoms with Crippen molar-refractivity contribution in [3.05, 3.63) is 47.5 Å². The van der Waals surface area contributed by atoms with Gasteiger partial charge in [-0.3, -0.25) is 19.2 Å². The Kier molecular flexibility index (Phi) is 19.7. The summed E-state index contributed by atoms with van der Waals surface area (Å²) in [5, 5.41) is 42.7. The normalized spacial score (nSPS) is 12.4. The summed E-state index contributed by atoms with van der Waals surface area (Å²) in [7, 11) is 0. The van der Waals surface area contributed by atoms with Gasteiger partial charge in [-0.15, -0.1) is 0 Å². The van der Waals surface area contributed by atoms with Crippen LogP contribution in [0.25, 0.3) is 0 Å². The standard InChI is InChI=1S/C40H56N2O16/c1-39(2,3)57-36(49)24-30(38(52)58-40(4,5)6)42-34(46)14-10-26-8-12-28(44)22-32(26)56-20-18-54-16-15-53-17-19-55-31-21-27(43)11-7-25(31)9-13-33(45)41-29(37(50)51)23-35(47)48/h7-8,11-12,21-22,29-30,43-44H,9-10,13-20,23-24H2,1-6H3,(H,41,45)(H,42,46)(H,47,48)(H,50,51)/t29-,30-/m0/s1. The highest BCUT2D eigenvalue weighted by atomic mass is 16.6. The van der Waals surface area contributed by atoms with Crippen molar-refractivity contribution in [3.8, 4) is 23.0 Å². The van der Waals surface area contributed by atoms with Gasteiger partial charge in [-0.25, -0.2) is 9.59 Å². The first kappa shape index (κ1) is 48.5. The van der Waals surface area contributed by atoms with Gasteiger partial charge in [0.05, 0.1) is 39.3 Å². The summed E-state index contributed by atoms with van der Waals surface area (Å²) in [5.41, 5.74) is -0.469. The Morgan fingerprint density at radius 3 is 1.45 bits per heavy atom. The summed E-state index contributed by atoms with van der Waals surface area (Å²) in [6.45, 7) is 11.0. The topological polar surface area (TPSA) is 263 Å². The molecule has 0 aliphatic heterocycles. The zero-order chi connectivity index (χ0) is 43.5. The van der Waals surface area contributed by atoms with Gasteiger partial charge in [-0.05, 0) is 77.6 Å². The van der Waals surface area contributed by atoms with E-state index in [1.54, 1.807) is 53.7 Å². The van der Waals surface area contributed by atoms with Crippen molar-refractivity contribution in [1.29, 1.82) is 0 Å². The van der Waals surface area contributed by atoms with Crippen molar-refractivity contribution < 1.29 is 77.6 Å². The molecular formula is C40H56N2O16. The van der Waals surface area contributed by atoms with Gasteiger partial charge in [0.2, 0.25) is 11.8 Å². The van der Waals surface area contributed by atoms with E-state index in [0.717, 1.165) is 0 Å². The third-order valence-electron chi connectivity index (χ3n) is 7.52. The summed E-state index contributed by atoms with van der Waals surface area (Å²) in [5.74, 6) is -4.93. The fraction of sp³-hybridized carbons (Fsp3) is 0.550. The number of hydrogen-bond acceptors (Lipinski definition) is 14. The van der Waals surface area contributed by atoms with Crippen LogP contribution in [0.3, 0.4) is 0 Å². The summed E-state index contributed by atoms with van der Waals surface area (Å²) >= 11 is 0. The number of aliphatic carboxylic acids is 2. The van der Waals surface area contributed by atoms with E-state index in [0.29, 0.717) is 22.6 Å². The molecule has 0 spiro atoms. The third kappa shape index (κ3) is 20.5. The van der Waals surface area contributed by atoms with Crippen LogP contribution in [0.4, 0.5) is 0 Å². The molecule has 0 aliphatic carbocycles. The highest BCUT2D eigenvalue weighted by molar-refractivity contribution is 5.88. The lowest BCUT2D eigenvalue weighted by atomic mass is 10.1. The number of esters is 2. The second-order valence-corrected chi connectivity index (χ2v) is 15.0. The molecule has 322 valence electrons. The Bertz CT molecular complexity index is 1700. The van der Waals surface area contributed by atoms with E-state index in [4.69, 9.17) is 38.6 Å². The first-order valence-electron chi connectivity index (χ1n) is 18.6. The van der Waals surface area contributed by atoms with Crippen LogP contribution >= 0.6 is 0 Å². The smallest absolute Gasteiger partial charge is 0.329 e. The van der Waals surface area contributed by atoms with Gasteiger partial charge in [-0.2, -0.15) is 0 Å². The molecule has 2 amide bonds. The Morgan fingerprint density at radius 2 is 1.03 bits per heavy atom. The Hall–Kier alpha value is -5.62. The van der Waals surface area contributed by atoms with Crippen LogP contribution in [0.5, 0.6) is 23.0 Å². The monoisotopic (exact) mass is 820 g/mol. The number of benzene rings is 2. The SMILES string of the molecule is CC(C)(C)OC(=O)C[C@H](NC(=O)CCc1ccc(O)cc1OCCOCCOCCOc1cc(O)ccc1CCC(=O)N[C@@H](CC(=O)O)C(=O)O)C(=O)OC(C)(C)C. The summed E-state index contributed by atoms with van der Waals surface area (Å²) in [6.07, 6.45) is -1.07. The van der Waals surface area contributed by atoms with Crippen LogP contribution in [-0.2, 0) is 60.6 Å². The molecule has 0 saturated heterocycles. The average Bonchev–Trinajstić information content (AvgIpc) is 3.09. The molecule has 0 radical (unpaired) electrons. The Balaban J connectivity index is 1.77. The molecule has 2 aromatic carbocycles. The number of hydrogen-bond donors (Lipinski definition) is 6. The number of phenols is 2. The largest absolute Gasteiger partial charge is 0.508 e. The molecule has 0 fully saturated rings. The van der Waals surface area contributed by atoms with Crippen LogP contribution in [0.1, 0.15) is 78.4 Å². The lowest BCUT2D eigenvalue weighted by molar-refractivity contribution is -0.165. The second kappa shape index (κ2) is 23.6. The molecule has 2 rings (SSSR count). The van der Waals surface area contributed by atoms with Crippen molar-refractivity contribution in [1.82, 2.24) is 10.6 Å². The van der Waals surface area contributed by atoms with Crippen molar-refractivity contribution in [2.24, 2.45) is 0 Å². The number of phenolic OH excluding ortho intramolecular Hbond substituents is 2. The molecule has 0 saturated carbocycles. The van der Waals surface area contributed by atoms with Gasteiger partial charge in [0.25, 0.3) is 0 Å². The number of aryl methyl sites for hydroxylation is 2. The van der Waals surface area contributed by atoms with Crippen LogP contribution in [-0.4, -0.2) is 119 Å². The molecule has 0 heterocycles. The second-order valence-electron chi connectivity index (χ2n) is 15.0. The first-order valence-corrected chi connectivity index (χ1v) is 18.6. The highest BCUT2D eigenvalue weighted by Crippen LogP contribution is 2.27. The van der Waals surface area contributed by atoms with Gasteiger partial charge in [0, 0.05) is 25.0 Å². The molecule has 0 aromatic heterocycles. The first-order chi connectivity index (χ1) is 27.1. The molecule has 0 bridgehead atoms. The maximum absolute atomic E-state index is 12.9. The molecular weight excluding hydrogens is 764 g/mol. The van der Waals surface area contributed by atoms with Gasteiger partial charge in [-0.1, -0.05) is 12.1 Å². The number of amides is 2. The van der Waals surface area contributed by atoms with Crippen LogP contribution < -0.4 is 20.1 Å². The van der Waals surface area contributed by atoms with E-state index in [1.165, 1.54) is 24.3 Å². The molecule has 58 heavy (non-hydrogen) atoms. The number of carboxylic acids is 2. The molecule has 18 heteroatoms. The number of aromatic hydroxyl groups is 2. The van der Waals surface area contributed by atoms with Crippen LogP contribution in [0.2, 0.25) is 0 Å². The maximum atomic E-state index is 12.9. The van der Waals surface area contributed by atoms with Gasteiger partial charge < -0.3 is 59.5 Å². The fourth-order valence-electron chi connectivity index (χ4n) is 5.03. The van der Waals surface area contributed by atoms with Crippen molar-refractivity contribution in [3.63, 3.8) is 0 Å². The lowest BCUT2D eigenvalue weighted by Gasteiger charge is -2.25. The number of ether oxygens (including phenoxy) is 6. The molecule has 6 N–H and O–H groups in total. The minimum atomic E-state index is -1.56. The highest BCUT2D eigenvalue weighted by Gasteiger charge is 2.31. The van der Waals surface area contributed by atoms with Gasteiger partial charge >= 0.3 is 23.9 Å². The fourth-order valence-corrected chi connectivity index (χ4v) is 5.03. The Labute approximate surface area is 337 Å². The van der Waals surface area contributed by atoms with E-state index in [-0.39, 0.29) is 76.8 Å². The van der Waals surface area contributed by atoms with Crippen LogP contribution in [0, 0.1) is 0 Å². The quantitative estimate of drug-likeness (QED) is 0.0621. The molecule has 2 aromatic rings. The predicted octanol–water partition coefficient (Wildman–Crippen LogP) is 3.06. The zero-order valence-corrected chi connectivity index (χ0v) is 33.8. The summed E-state index contributed by atoms with van der Waals surface area (Å²) in [4.78, 5) is 72.6. The molecule has 0 aliphatic rings. The minimum Gasteiger partial charge on any atom is -0.508 e. The lowest BCUT2D eigenvalue weighted by Crippen LogP contribution is -2.46. The summed E-state index contributed by atoms with van der Waals surface area (Å²) in [6, 6.07) is 5.98. The van der Waals surface area contributed by atoms with Crippen molar-refractivity contribution in [2.75, 3.05) is 39.6 Å². The van der Waals surface area contributed by atoms with E-state index in [1.807, 2.05) is 0 Å². The van der Waals surface area contributed by atoms with E-state index >= 15 is 0 Å². The van der Waals surface area contributed by atoms with Crippen molar-refractivity contribution >= 4 is 35.7 Å². The Morgan fingerprint density at radius 1 is 0.603 bits per heavy atom.